The van der Waals surface area contributed by atoms with Gasteiger partial charge in [0, 0.05) is 30.1 Å². The molecular formula is C29H39N3O5S. The number of fused-ring (bicyclic) bond motifs is 1. The molecule has 9 heteroatoms. The number of carboxylic acid groups (broad SMARTS) is 1. The molecule has 0 aliphatic rings. The fraction of sp³-hybridized carbons (Fsp3) is 0.448. The minimum absolute atomic E-state index is 0.0333. The van der Waals surface area contributed by atoms with E-state index in [1.165, 1.54) is 12.1 Å². The maximum absolute atomic E-state index is 13.4. The molecule has 3 N–H and O–H groups in total. The van der Waals surface area contributed by atoms with E-state index in [2.05, 4.69) is 10.3 Å². The lowest BCUT2D eigenvalue weighted by Gasteiger charge is -2.29. The standard InChI is InChI=1S/C29H39N3O5S/c1-21(2)20-32(38(36,37)25-15-11-22(3)12-16-25)28(29(34)35)10-6-7-17-30-19-24(33)14-13-23-18-31-27-9-5-4-8-26(23)27/h4-5,8-9,11-12,15-16,18,21,28,30-31H,6-7,10,13-14,17,19-20H2,1-3H3,(H,34,35)/t28-/m0/s1. The van der Waals surface area contributed by atoms with Crippen LogP contribution in [-0.4, -0.2) is 60.2 Å². The highest BCUT2D eigenvalue weighted by Gasteiger charge is 2.35. The number of hydrogen-bond acceptors (Lipinski definition) is 5. The molecule has 2 aromatic carbocycles. The van der Waals surface area contributed by atoms with Crippen LogP contribution in [0.3, 0.4) is 0 Å². The number of aliphatic carboxylic acids is 1. The summed E-state index contributed by atoms with van der Waals surface area (Å²) in [5.74, 6) is -1.07. The third kappa shape index (κ3) is 7.99. The van der Waals surface area contributed by atoms with Crippen molar-refractivity contribution in [1.82, 2.24) is 14.6 Å². The molecule has 0 bridgehead atoms. The predicted octanol–water partition coefficient (Wildman–Crippen LogP) is 4.54. The van der Waals surface area contributed by atoms with Crippen molar-refractivity contribution in [2.75, 3.05) is 19.6 Å². The molecule has 1 heterocycles. The number of hydrogen-bond donors (Lipinski definition) is 3. The van der Waals surface area contributed by atoms with Crippen LogP contribution in [0.15, 0.2) is 59.6 Å². The van der Waals surface area contributed by atoms with E-state index in [1.54, 1.807) is 12.1 Å². The Balaban J connectivity index is 1.48. The Bertz CT molecular complexity index is 1320. The number of nitrogens with zero attached hydrogens (tertiary/aromatic N) is 1. The van der Waals surface area contributed by atoms with E-state index in [0.717, 1.165) is 26.3 Å². The molecule has 0 amide bonds. The molecule has 0 unspecified atom stereocenters. The van der Waals surface area contributed by atoms with Gasteiger partial charge in [0.2, 0.25) is 10.0 Å². The number of H-pyrrole nitrogens is 1. The van der Waals surface area contributed by atoms with Crippen LogP contribution in [0.25, 0.3) is 10.9 Å². The van der Waals surface area contributed by atoms with E-state index in [-0.39, 0.29) is 36.1 Å². The van der Waals surface area contributed by atoms with Crippen LogP contribution in [0.1, 0.15) is 50.7 Å². The van der Waals surface area contributed by atoms with Crippen molar-refractivity contribution in [3.05, 3.63) is 65.9 Å². The lowest BCUT2D eigenvalue weighted by atomic mass is 10.1. The first-order valence-electron chi connectivity index (χ1n) is 13.2. The number of aryl methyl sites for hydroxylation is 2. The number of carboxylic acids is 1. The van der Waals surface area contributed by atoms with Crippen LogP contribution >= 0.6 is 0 Å². The molecule has 0 aliphatic heterocycles. The van der Waals surface area contributed by atoms with Crippen molar-refractivity contribution in [2.45, 2.75) is 63.8 Å². The molecule has 0 radical (unpaired) electrons. The second-order valence-corrected chi connectivity index (χ2v) is 12.1. The van der Waals surface area contributed by atoms with Gasteiger partial charge in [-0.2, -0.15) is 4.31 Å². The molecule has 0 aliphatic carbocycles. The Morgan fingerprint density at radius 3 is 2.45 bits per heavy atom. The van der Waals surface area contributed by atoms with Crippen molar-refractivity contribution < 1.29 is 23.1 Å². The molecule has 206 valence electrons. The lowest BCUT2D eigenvalue weighted by molar-refractivity contribution is -0.141. The van der Waals surface area contributed by atoms with Gasteiger partial charge in [-0.3, -0.25) is 9.59 Å². The van der Waals surface area contributed by atoms with Gasteiger partial charge in [0.15, 0.2) is 0 Å². The van der Waals surface area contributed by atoms with Gasteiger partial charge in [-0.15, -0.1) is 0 Å². The number of sulfonamides is 1. The highest BCUT2D eigenvalue weighted by atomic mass is 32.2. The van der Waals surface area contributed by atoms with Gasteiger partial charge in [-0.25, -0.2) is 8.42 Å². The summed E-state index contributed by atoms with van der Waals surface area (Å²) in [4.78, 5) is 27.8. The van der Waals surface area contributed by atoms with Gasteiger partial charge in [-0.1, -0.05) is 49.7 Å². The molecule has 1 atom stereocenters. The van der Waals surface area contributed by atoms with Crippen molar-refractivity contribution in [3.8, 4) is 0 Å². The zero-order valence-corrected chi connectivity index (χ0v) is 23.3. The second kappa shape index (κ2) is 13.7. The maximum atomic E-state index is 13.4. The Morgan fingerprint density at radius 2 is 1.76 bits per heavy atom. The third-order valence-corrected chi connectivity index (χ3v) is 8.45. The van der Waals surface area contributed by atoms with Crippen LogP contribution in [0.4, 0.5) is 0 Å². The SMILES string of the molecule is Cc1ccc(S(=O)(=O)N(CC(C)C)[C@@H](CCCCNCC(=O)CCc2c[nH]c3ccccc23)C(=O)O)cc1. The average Bonchev–Trinajstić information content (AvgIpc) is 3.29. The molecule has 0 saturated heterocycles. The molecule has 8 nitrogen and oxygen atoms in total. The molecular weight excluding hydrogens is 502 g/mol. The van der Waals surface area contributed by atoms with Crippen molar-refractivity contribution in [1.29, 1.82) is 0 Å². The largest absolute Gasteiger partial charge is 0.480 e. The second-order valence-electron chi connectivity index (χ2n) is 10.2. The highest BCUT2D eigenvalue weighted by molar-refractivity contribution is 7.89. The molecule has 0 saturated carbocycles. The van der Waals surface area contributed by atoms with E-state index in [0.29, 0.717) is 32.2 Å². The smallest absolute Gasteiger partial charge is 0.322 e. The summed E-state index contributed by atoms with van der Waals surface area (Å²) in [5, 5.41) is 14.2. The molecule has 3 aromatic rings. The third-order valence-electron chi connectivity index (χ3n) is 6.56. The fourth-order valence-corrected chi connectivity index (χ4v) is 6.28. The Morgan fingerprint density at radius 1 is 1.05 bits per heavy atom. The van der Waals surface area contributed by atoms with Gasteiger partial charge >= 0.3 is 5.97 Å². The first-order chi connectivity index (χ1) is 18.1. The number of benzene rings is 2. The van der Waals surface area contributed by atoms with E-state index >= 15 is 0 Å². The predicted molar refractivity (Wildman–Crippen MR) is 150 cm³/mol. The molecule has 0 fully saturated rings. The number of ketones is 1. The van der Waals surface area contributed by atoms with Gasteiger partial charge in [0.25, 0.3) is 0 Å². The lowest BCUT2D eigenvalue weighted by Crippen LogP contribution is -2.46. The summed E-state index contributed by atoms with van der Waals surface area (Å²) in [6.07, 6.45) is 4.42. The number of nitrogens with one attached hydrogen (secondary N) is 2. The Kier molecular flexibility index (Phi) is 10.6. The summed E-state index contributed by atoms with van der Waals surface area (Å²) < 4.78 is 27.9. The van der Waals surface area contributed by atoms with Crippen LogP contribution in [-0.2, 0) is 26.0 Å². The number of para-hydroxylation sites is 1. The molecule has 38 heavy (non-hydrogen) atoms. The zero-order chi connectivity index (χ0) is 27.7. The van der Waals surface area contributed by atoms with Gasteiger partial charge in [-0.05, 0) is 68.8 Å². The molecule has 1 aromatic heterocycles. The summed E-state index contributed by atoms with van der Waals surface area (Å²) in [7, 11) is -3.96. The minimum Gasteiger partial charge on any atom is -0.480 e. The average molecular weight is 542 g/mol. The van der Waals surface area contributed by atoms with E-state index in [1.807, 2.05) is 51.2 Å². The number of carbonyl (C=O) groups excluding carboxylic acids is 1. The van der Waals surface area contributed by atoms with Crippen molar-refractivity contribution >= 4 is 32.7 Å². The van der Waals surface area contributed by atoms with Crippen LogP contribution in [0.5, 0.6) is 0 Å². The first-order valence-corrected chi connectivity index (χ1v) is 14.6. The normalized spacial score (nSPS) is 12.9. The number of rotatable bonds is 16. The van der Waals surface area contributed by atoms with Crippen molar-refractivity contribution in [3.63, 3.8) is 0 Å². The van der Waals surface area contributed by atoms with Gasteiger partial charge in [0.05, 0.1) is 11.4 Å². The topological polar surface area (TPSA) is 120 Å². The number of carbonyl (C=O) groups is 2. The molecule has 3 rings (SSSR count). The summed E-state index contributed by atoms with van der Waals surface area (Å²) in [6, 6.07) is 13.3. The quantitative estimate of drug-likeness (QED) is 0.229. The number of aromatic amines is 1. The molecule has 0 spiro atoms. The number of unbranched alkanes of at least 4 members (excludes halogenated alkanes) is 1. The number of Topliss-reactive ketones (excluding diaryl/α,β-unsaturated/α-hetero) is 1. The first kappa shape index (κ1) is 29.5. The minimum atomic E-state index is -3.96. The Labute approximate surface area is 225 Å². The highest BCUT2D eigenvalue weighted by Crippen LogP contribution is 2.23. The van der Waals surface area contributed by atoms with E-state index in [4.69, 9.17) is 0 Å². The fourth-order valence-electron chi connectivity index (χ4n) is 4.51. The van der Waals surface area contributed by atoms with Gasteiger partial charge < -0.3 is 15.4 Å². The Hall–Kier alpha value is -3.01. The number of aromatic nitrogens is 1. The summed E-state index contributed by atoms with van der Waals surface area (Å²) in [5.41, 5.74) is 3.12. The van der Waals surface area contributed by atoms with Gasteiger partial charge in [0.1, 0.15) is 11.8 Å². The van der Waals surface area contributed by atoms with Crippen LogP contribution in [0.2, 0.25) is 0 Å². The summed E-state index contributed by atoms with van der Waals surface area (Å²) in [6.45, 7) is 6.54. The zero-order valence-electron chi connectivity index (χ0n) is 22.4. The van der Waals surface area contributed by atoms with E-state index < -0.39 is 22.0 Å². The summed E-state index contributed by atoms with van der Waals surface area (Å²) >= 11 is 0. The monoisotopic (exact) mass is 541 g/mol. The van der Waals surface area contributed by atoms with Crippen molar-refractivity contribution in [2.24, 2.45) is 5.92 Å². The van der Waals surface area contributed by atoms with Crippen LogP contribution < -0.4 is 5.32 Å². The van der Waals surface area contributed by atoms with E-state index in [9.17, 15) is 23.1 Å². The maximum Gasteiger partial charge on any atom is 0.322 e. The van der Waals surface area contributed by atoms with Crippen LogP contribution in [0, 0.1) is 12.8 Å².